The van der Waals surface area contributed by atoms with Crippen molar-refractivity contribution in [1.29, 1.82) is 0 Å². The molecule has 1 amide bonds. The lowest BCUT2D eigenvalue weighted by molar-refractivity contribution is -0.115. The zero-order valence-electron chi connectivity index (χ0n) is 10.6. The lowest BCUT2D eigenvalue weighted by atomic mass is 10.3. The number of aromatic amines is 1. The van der Waals surface area contributed by atoms with Gasteiger partial charge in [0.25, 0.3) is 0 Å². The van der Waals surface area contributed by atoms with Gasteiger partial charge in [-0.25, -0.2) is 4.98 Å². The van der Waals surface area contributed by atoms with Crippen molar-refractivity contribution in [2.45, 2.75) is 13.3 Å². The average molecular weight is 305 g/mol. The number of anilines is 1. The number of aromatic nitrogens is 4. The minimum absolute atomic E-state index is 0.174. The molecule has 0 saturated heterocycles. The van der Waals surface area contributed by atoms with Crippen molar-refractivity contribution in [2.75, 3.05) is 5.32 Å². The number of amides is 1. The Morgan fingerprint density at radius 2 is 2.30 bits per heavy atom. The second kappa shape index (κ2) is 5.51. The van der Waals surface area contributed by atoms with Crippen LogP contribution in [0.1, 0.15) is 11.5 Å². The fraction of sp³-hybridized carbons (Fsp3) is 0.167. The highest BCUT2D eigenvalue weighted by molar-refractivity contribution is 7.20. The fourth-order valence-corrected chi connectivity index (χ4v) is 3.27. The van der Waals surface area contributed by atoms with E-state index in [-0.39, 0.29) is 12.3 Å². The monoisotopic (exact) mass is 305 g/mol. The molecular formula is C12H11N5OS2. The largest absolute Gasteiger partial charge is 0.293 e. The van der Waals surface area contributed by atoms with E-state index in [9.17, 15) is 4.79 Å². The molecule has 3 aromatic heterocycles. The molecule has 6 nitrogen and oxygen atoms in total. The van der Waals surface area contributed by atoms with Crippen molar-refractivity contribution >= 4 is 34.5 Å². The highest BCUT2D eigenvalue weighted by Gasteiger charge is 2.11. The summed E-state index contributed by atoms with van der Waals surface area (Å²) in [7, 11) is 0. The van der Waals surface area contributed by atoms with Gasteiger partial charge in [-0.2, -0.15) is 4.98 Å². The lowest BCUT2D eigenvalue weighted by Gasteiger charge is -1.97. The van der Waals surface area contributed by atoms with Gasteiger partial charge in [-0.1, -0.05) is 6.07 Å². The Morgan fingerprint density at radius 3 is 3.00 bits per heavy atom. The molecule has 0 radical (unpaired) electrons. The molecule has 0 spiro atoms. The number of thiophene rings is 1. The van der Waals surface area contributed by atoms with Crippen LogP contribution < -0.4 is 5.32 Å². The molecule has 102 valence electrons. The smallest absolute Gasteiger partial charge is 0.248 e. The highest BCUT2D eigenvalue weighted by Crippen LogP contribution is 2.27. The summed E-state index contributed by atoms with van der Waals surface area (Å²) >= 11 is 3.18. The number of nitrogens with zero attached hydrogens (tertiary/aromatic N) is 3. The van der Waals surface area contributed by atoms with Crippen LogP contribution in [-0.4, -0.2) is 26.1 Å². The van der Waals surface area contributed by atoms with E-state index in [2.05, 4.69) is 25.5 Å². The number of rotatable bonds is 4. The van der Waals surface area contributed by atoms with Crippen LogP contribution in [0.2, 0.25) is 0 Å². The molecule has 8 heteroatoms. The third-order valence-electron chi connectivity index (χ3n) is 2.47. The maximum atomic E-state index is 11.8. The molecule has 2 N–H and O–H groups in total. The van der Waals surface area contributed by atoms with E-state index in [4.69, 9.17) is 0 Å². The average Bonchev–Trinajstić information content (AvgIpc) is 3.10. The number of aryl methyl sites for hydroxylation is 1. The number of hydrogen-bond acceptors (Lipinski definition) is 6. The zero-order valence-corrected chi connectivity index (χ0v) is 12.2. The predicted octanol–water partition coefficient (Wildman–Crippen LogP) is 2.48. The maximum Gasteiger partial charge on any atom is 0.248 e. The van der Waals surface area contributed by atoms with Gasteiger partial charge in [0.1, 0.15) is 10.8 Å². The van der Waals surface area contributed by atoms with Gasteiger partial charge in [0.2, 0.25) is 11.9 Å². The number of carbonyl (C=O) groups is 1. The van der Waals surface area contributed by atoms with Crippen LogP contribution in [-0.2, 0) is 11.2 Å². The van der Waals surface area contributed by atoms with E-state index in [0.29, 0.717) is 11.8 Å². The Balaban J connectivity index is 1.64. The van der Waals surface area contributed by atoms with E-state index >= 15 is 0 Å². The topological polar surface area (TPSA) is 83.6 Å². The number of carbonyl (C=O) groups excluding carboxylic acids is 1. The first-order valence-corrected chi connectivity index (χ1v) is 7.64. The van der Waals surface area contributed by atoms with Crippen LogP contribution in [0, 0.1) is 6.92 Å². The first-order chi connectivity index (χ1) is 9.70. The first kappa shape index (κ1) is 12.9. The number of nitrogens with one attached hydrogen (secondary N) is 2. The molecule has 0 aromatic carbocycles. The minimum Gasteiger partial charge on any atom is -0.293 e. The summed E-state index contributed by atoms with van der Waals surface area (Å²) < 4.78 is 0. The van der Waals surface area contributed by atoms with Gasteiger partial charge < -0.3 is 0 Å². The molecule has 0 aliphatic heterocycles. The van der Waals surface area contributed by atoms with Crippen LogP contribution in [0.15, 0.2) is 22.9 Å². The van der Waals surface area contributed by atoms with Gasteiger partial charge in [0.05, 0.1) is 17.0 Å². The summed E-state index contributed by atoms with van der Waals surface area (Å²) in [6.07, 6.45) is 0.218. The van der Waals surface area contributed by atoms with Crippen LogP contribution in [0.3, 0.4) is 0 Å². The van der Waals surface area contributed by atoms with E-state index in [0.717, 1.165) is 15.6 Å². The third kappa shape index (κ3) is 2.91. The normalized spacial score (nSPS) is 10.7. The SMILES string of the molecule is Cc1nc(NC(=O)Cc2csc(-c3cccs3)n2)n[nH]1. The predicted molar refractivity (Wildman–Crippen MR) is 78.9 cm³/mol. The highest BCUT2D eigenvalue weighted by atomic mass is 32.1. The molecule has 0 saturated carbocycles. The summed E-state index contributed by atoms with van der Waals surface area (Å²) in [4.78, 5) is 21.4. The quantitative estimate of drug-likeness (QED) is 0.775. The van der Waals surface area contributed by atoms with Crippen molar-refractivity contribution in [3.8, 4) is 9.88 Å². The van der Waals surface area contributed by atoms with Gasteiger partial charge in [0, 0.05) is 5.38 Å². The molecule has 3 aromatic rings. The zero-order chi connectivity index (χ0) is 13.9. The number of H-pyrrole nitrogens is 1. The van der Waals surface area contributed by atoms with E-state index in [1.54, 1.807) is 29.6 Å². The Morgan fingerprint density at radius 1 is 1.40 bits per heavy atom. The number of thiazole rings is 1. The van der Waals surface area contributed by atoms with E-state index < -0.39 is 0 Å². The fourth-order valence-electron chi connectivity index (χ4n) is 1.63. The molecular weight excluding hydrogens is 294 g/mol. The van der Waals surface area contributed by atoms with Gasteiger partial charge in [0.15, 0.2) is 0 Å². The molecule has 0 aliphatic carbocycles. The Hall–Kier alpha value is -2.06. The molecule has 0 aliphatic rings. The summed E-state index contributed by atoms with van der Waals surface area (Å²) in [6.45, 7) is 1.77. The van der Waals surface area contributed by atoms with Crippen LogP contribution in [0.5, 0.6) is 0 Å². The van der Waals surface area contributed by atoms with Crippen molar-refractivity contribution in [3.63, 3.8) is 0 Å². The molecule has 3 heterocycles. The summed E-state index contributed by atoms with van der Waals surface area (Å²) in [5.41, 5.74) is 0.753. The lowest BCUT2D eigenvalue weighted by Crippen LogP contribution is -2.15. The summed E-state index contributed by atoms with van der Waals surface area (Å²) in [6, 6.07) is 4.00. The van der Waals surface area contributed by atoms with Gasteiger partial charge in [-0.05, 0) is 18.4 Å². The third-order valence-corrected chi connectivity index (χ3v) is 4.40. The van der Waals surface area contributed by atoms with Crippen molar-refractivity contribution in [3.05, 3.63) is 34.4 Å². The Labute approximate surface area is 122 Å². The van der Waals surface area contributed by atoms with Crippen LogP contribution >= 0.6 is 22.7 Å². The molecule has 0 atom stereocenters. The molecule has 20 heavy (non-hydrogen) atoms. The second-order valence-electron chi connectivity index (χ2n) is 4.09. The van der Waals surface area contributed by atoms with Gasteiger partial charge in [-0.3, -0.25) is 15.2 Å². The van der Waals surface area contributed by atoms with Crippen molar-refractivity contribution in [2.24, 2.45) is 0 Å². The van der Waals surface area contributed by atoms with Gasteiger partial charge >= 0.3 is 0 Å². The maximum absolute atomic E-state index is 11.8. The number of hydrogen-bond donors (Lipinski definition) is 2. The molecule has 0 bridgehead atoms. The van der Waals surface area contributed by atoms with Crippen molar-refractivity contribution < 1.29 is 4.79 Å². The molecule has 0 fully saturated rings. The molecule has 3 rings (SSSR count). The van der Waals surface area contributed by atoms with Gasteiger partial charge in [-0.15, -0.1) is 27.8 Å². The summed E-state index contributed by atoms with van der Waals surface area (Å²) in [5.74, 6) is 0.780. The standard InChI is InChI=1S/C12H11N5OS2/c1-7-13-12(17-16-7)15-10(18)5-8-6-20-11(14-8)9-3-2-4-19-9/h2-4,6H,5H2,1H3,(H2,13,15,16,17,18). The second-order valence-corrected chi connectivity index (χ2v) is 5.90. The first-order valence-electron chi connectivity index (χ1n) is 5.88. The summed E-state index contributed by atoms with van der Waals surface area (Å²) in [5, 5.41) is 14.0. The Kier molecular flexibility index (Phi) is 3.57. The molecule has 0 unspecified atom stereocenters. The minimum atomic E-state index is -0.174. The Bertz CT molecular complexity index is 716. The van der Waals surface area contributed by atoms with E-state index in [1.165, 1.54) is 0 Å². The van der Waals surface area contributed by atoms with Crippen molar-refractivity contribution in [1.82, 2.24) is 20.2 Å². The van der Waals surface area contributed by atoms with Crippen LogP contribution in [0.25, 0.3) is 9.88 Å². The van der Waals surface area contributed by atoms with Crippen LogP contribution in [0.4, 0.5) is 5.95 Å². The van der Waals surface area contributed by atoms with E-state index in [1.807, 2.05) is 22.9 Å².